The molecule has 1 aliphatic heterocycles. The van der Waals surface area contributed by atoms with Crippen molar-refractivity contribution in [2.24, 2.45) is 0 Å². The van der Waals surface area contributed by atoms with Gasteiger partial charge in [-0.25, -0.2) is 19.4 Å². The van der Waals surface area contributed by atoms with E-state index in [0.717, 1.165) is 21.4 Å². The minimum absolute atomic E-state index is 0.245. The second kappa shape index (κ2) is 4.65. The fraction of sp³-hybridized carbons (Fsp3) is 0.0769. The lowest BCUT2D eigenvalue weighted by Gasteiger charge is -2.08. The zero-order valence-electron chi connectivity index (χ0n) is 10.9. The van der Waals surface area contributed by atoms with Crippen LogP contribution < -0.4 is 0 Å². The summed E-state index contributed by atoms with van der Waals surface area (Å²) < 4.78 is 4.24. The van der Waals surface area contributed by atoms with Crippen molar-refractivity contribution in [2.75, 3.05) is 0 Å². The number of hydrogen-bond donors (Lipinski definition) is 1. The maximum atomic E-state index is 11.2. The Bertz CT molecular complexity index is 933. The van der Waals surface area contributed by atoms with Crippen molar-refractivity contribution in [3.63, 3.8) is 0 Å². The van der Waals surface area contributed by atoms with Gasteiger partial charge in [0.2, 0.25) is 0 Å². The van der Waals surface area contributed by atoms with E-state index in [1.807, 2.05) is 22.8 Å². The average Bonchev–Trinajstić information content (AvgIpc) is 3.02. The first-order valence-corrected chi connectivity index (χ1v) is 7.42. The van der Waals surface area contributed by atoms with Crippen LogP contribution in [0.3, 0.4) is 0 Å². The molecule has 0 radical (unpaired) electrons. The largest absolute Gasteiger partial charge is 0.475 e. The van der Waals surface area contributed by atoms with Gasteiger partial charge in [0.25, 0.3) is 5.82 Å². The van der Waals surface area contributed by atoms with Crippen LogP contribution in [0.5, 0.6) is 0 Å². The second-order valence-electron chi connectivity index (χ2n) is 4.74. The zero-order valence-corrected chi connectivity index (χ0v) is 13.2. The van der Waals surface area contributed by atoms with Gasteiger partial charge in [0.15, 0.2) is 11.0 Å². The SMILES string of the molecule is O=C(O)c1nc2n(n1)Cc1c(Cl)ncn1-c1ccc(Br)cc1-2. The van der Waals surface area contributed by atoms with Crippen molar-refractivity contribution in [1.82, 2.24) is 24.3 Å². The van der Waals surface area contributed by atoms with Crippen LogP contribution in [0.25, 0.3) is 17.1 Å². The molecule has 1 aliphatic rings. The summed E-state index contributed by atoms with van der Waals surface area (Å²) in [7, 11) is 0. The van der Waals surface area contributed by atoms with E-state index in [4.69, 9.17) is 16.7 Å². The van der Waals surface area contributed by atoms with E-state index < -0.39 is 5.97 Å². The molecule has 22 heavy (non-hydrogen) atoms. The van der Waals surface area contributed by atoms with E-state index in [1.165, 1.54) is 4.68 Å². The molecule has 3 heterocycles. The van der Waals surface area contributed by atoms with Gasteiger partial charge in [-0.15, -0.1) is 5.10 Å². The number of carboxylic acids is 1. The van der Waals surface area contributed by atoms with Crippen molar-refractivity contribution in [3.8, 4) is 17.1 Å². The number of hydrogen-bond acceptors (Lipinski definition) is 4. The molecule has 0 aliphatic carbocycles. The Morgan fingerprint density at radius 3 is 3.00 bits per heavy atom. The molecular weight excluding hydrogens is 374 g/mol. The number of benzene rings is 1. The van der Waals surface area contributed by atoms with Gasteiger partial charge in [-0.2, -0.15) is 0 Å². The molecule has 0 bridgehead atoms. The number of fused-ring (bicyclic) bond motifs is 5. The van der Waals surface area contributed by atoms with E-state index in [0.29, 0.717) is 17.5 Å². The molecule has 110 valence electrons. The van der Waals surface area contributed by atoms with Crippen LogP contribution in [0.4, 0.5) is 0 Å². The van der Waals surface area contributed by atoms with Crippen LogP contribution >= 0.6 is 27.5 Å². The van der Waals surface area contributed by atoms with Crippen LogP contribution in [0.2, 0.25) is 5.15 Å². The Morgan fingerprint density at radius 1 is 1.41 bits per heavy atom. The van der Waals surface area contributed by atoms with Gasteiger partial charge in [0.05, 0.1) is 17.9 Å². The quantitative estimate of drug-likeness (QED) is 0.548. The predicted octanol–water partition coefficient (Wildman–Crippen LogP) is 2.61. The van der Waals surface area contributed by atoms with Crippen LogP contribution in [0, 0.1) is 0 Å². The summed E-state index contributed by atoms with van der Waals surface area (Å²) in [5, 5.41) is 13.5. The normalized spacial score (nSPS) is 12.3. The Labute approximate surface area is 137 Å². The first kappa shape index (κ1) is 13.5. The number of aromatic nitrogens is 5. The number of imidazole rings is 1. The molecule has 4 rings (SSSR count). The summed E-state index contributed by atoms with van der Waals surface area (Å²) in [5.74, 6) is -0.935. The van der Waals surface area contributed by atoms with Gasteiger partial charge in [0, 0.05) is 10.0 Å². The van der Waals surface area contributed by atoms with Gasteiger partial charge >= 0.3 is 5.97 Å². The fourth-order valence-corrected chi connectivity index (χ4v) is 3.04. The molecule has 0 unspecified atom stereocenters. The minimum atomic E-state index is -1.17. The number of carboxylic acid groups (broad SMARTS) is 1. The monoisotopic (exact) mass is 379 g/mol. The molecule has 2 aromatic heterocycles. The highest BCUT2D eigenvalue weighted by Gasteiger charge is 2.26. The first-order chi connectivity index (χ1) is 10.5. The van der Waals surface area contributed by atoms with Gasteiger partial charge in [-0.05, 0) is 18.2 Å². The van der Waals surface area contributed by atoms with Crippen molar-refractivity contribution < 1.29 is 9.90 Å². The lowest BCUT2D eigenvalue weighted by Crippen LogP contribution is -2.06. The lowest BCUT2D eigenvalue weighted by atomic mass is 10.1. The van der Waals surface area contributed by atoms with Crippen LogP contribution in [0.15, 0.2) is 29.0 Å². The van der Waals surface area contributed by atoms with Crippen molar-refractivity contribution in [1.29, 1.82) is 0 Å². The molecule has 0 atom stereocenters. The summed E-state index contributed by atoms with van der Waals surface area (Å²) >= 11 is 9.57. The Balaban J connectivity index is 2.07. The highest BCUT2D eigenvalue weighted by atomic mass is 79.9. The average molecular weight is 381 g/mol. The molecule has 1 aromatic carbocycles. The fourth-order valence-electron chi connectivity index (χ4n) is 2.48. The Morgan fingerprint density at radius 2 is 2.23 bits per heavy atom. The molecule has 0 saturated carbocycles. The Kier molecular flexibility index (Phi) is 2.85. The molecule has 0 saturated heterocycles. The standard InChI is InChI=1S/C13H7BrClN5O2/c14-6-1-2-8-7(3-6)12-17-11(13(21)22)18-20(12)4-9-10(15)16-5-19(8)9/h1-3,5H,4H2,(H,21,22). The Hall–Kier alpha value is -2.19. The summed E-state index contributed by atoms with van der Waals surface area (Å²) in [4.78, 5) is 19.4. The third-order valence-electron chi connectivity index (χ3n) is 3.44. The molecule has 0 spiro atoms. The van der Waals surface area contributed by atoms with Crippen molar-refractivity contribution in [3.05, 3.63) is 45.7 Å². The molecule has 9 heteroatoms. The van der Waals surface area contributed by atoms with Crippen LogP contribution in [0.1, 0.15) is 16.3 Å². The summed E-state index contributed by atoms with van der Waals surface area (Å²) in [6.07, 6.45) is 1.63. The zero-order chi connectivity index (χ0) is 15.4. The third kappa shape index (κ3) is 1.87. The highest BCUT2D eigenvalue weighted by Crippen LogP contribution is 2.34. The highest BCUT2D eigenvalue weighted by molar-refractivity contribution is 9.10. The van der Waals surface area contributed by atoms with E-state index in [9.17, 15) is 4.79 Å². The molecule has 0 fully saturated rings. The van der Waals surface area contributed by atoms with Gasteiger partial charge < -0.3 is 5.11 Å². The summed E-state index contributed by atoms with van der Waals surface area (Å²) in [6, 6.07) is 5.65. The van der Waals surface area contributed by atoms with Gasteiger partial charge in [-0.1, -0.05) is 27.5 Å². The first-order valence-electron chi connectivity index (χ1n) is 6.25. The van der Waals surface area contributed by atoms with Crippen LogP contribution in [-0.4, -0.2) is 35.4 Å². The summed E-state index contributed by atoms with van der Waals surface area (Å²) in [5.41, 5.74) is 2.30. The number of carbonyl (C=O) groups is 1. The number of nitrogens with zero attached hydrogens (tertiary/aromatic N) is 5. The van der Waals surface area contributed by atoms with E-state index >= 15 is 0 Å². The number of rotatable bonds is 1. The number of halogens is 2. The van der Waals surface area contributed by atoms with Gasteiger partial charge in [-0.3, -0.25) is 4.57 Å². The van der Waals surface area contributed by atoms with Crippen LogP contribution in [-0.2, 0) is 6.54 Å². The lowest BCUT2D eigenvalue weighted by molar-refractivity contribution is 0.0683. The maximum absolute atomic E-state index is 11.2. The number of aromatic carboxylic acids is 1. The molecule has 0 amide bonds. The molecule has 3 aromatic rings. The van der Waals surface area contributed by atoms with E-state index in [1.54, 1.807) is 6.33 Å². The molecule has 7 nitrogen and oxygen atoms in total. The molecular formula is C13H7BrClN5O2. The van der Waals surface area contributed by atoms with E-state index in [2.05, 4.69) is 31.0 Å². The minimum Gasteiger partial charge on any atom is -0.475 e. The smallest absolute Gasteiger partial charge is 0.375 e. The van der Waals surface area contributed by atoms with Gasteiger partial charge in [0.1, 0.15) is 6.33 Å². The second-order valence-corrected chi connectivity index (χ2v) is 6.01. The predicted molar refractivity (Wildman–Crippen MR) is 81.4 cm³/mol. The van der Waals surface area contributed by atoms with E-state index in [-0.39, 0.29) is 5.82 Å². The summed E-state index contributed by atoms with van der Waals surface area (Å²) in [6.45, 7) is 0.292. The topological polar surface area (TPSA) is 85.8 Å². The molecule has 1 N–H and O–H groups in total. The third-order valence-corrected chi connectivity index (χ3v) is 4.25. The van der Waals surface area contributed by atoms with Crippen molar-refractivity contribution >= 4 is 33.5 Å². The van der Waals surface area contributed by atoms with Crippen molar-refractivity contribution in [2.45, 2.75) is 6.54 Å². The maximum Gasteiger partial charge on any atom is 0.375 e.